The molecule has 1 N–H and O–H groups in total. The fourth-order valence-electron chi connectivity index (χ4n) is 1.83. The van der Waals surface area contributed by atoms with Gasteiger partial charge in [-0.1, -0.05) is 15.9 Å². The lowest BCUT2D eigenvalue weighted by Gasteiger charge is -2.03. The van der Waals surface area contributed by atoms with E-state index in [0.717, 1.165) is 21.4 Å². The van der Waals surface area contributed by atoms with E-state index in [4.69, 9.17) is 9.15 Å². The van der Waals surface area contributed by atoms with E-state index in [0.29, 0.717) is 12.2 Å². The number of hydrogen-bond acceptors (Lipinski definition) is 3. The second kappa shape index (κ2) is 4.97. The van der Waals surface area contributed by atoms with Gasteiger partial charge in [0, 0.05) is 15.9 Å². The van der Waals surface area contributed by atoms with Crippen molar-refractivity contribution in [2.75, 3.05) is 0 Å². The molecule has 0 aliphatic heterocycles. The first-order valence-corrected chi connectivity index (χ1v) is 6.60. The summed E-state index contributed by atoms with van der Waals surface area (Å²) in [5.74, 6) is 1.71. The molecule has 0 bridgehead atoms. The monoisotopic (exact) mass is 318 g/mol. The van der Waals surface area contributed by atoms with Crippen LogP contribution in [0.1, 0.15) is 5.76 Å². The van der Waals surface area contributed by atoms with E-state index < -0.39 is 0 Å². The van der Waals surface area contributed by atoms with Gasteiger partial charge in [0.2, 0.25) is 0 Å². The van der Waals surface area contributed by atoms with E-state index in [1.807, 2.05) is 36.4 Å². The van der Waals surface area contributed by atoms with Crippen LogP contribution >= 0.6 is 15.9 Å². The van der Waals surface area contributed by atoms with Crippen molar-refractivity contribution in [3.05, 3.63) is 58.8 Å². The van der Waals surface area contributed by atoms with Crippen LogP contribution in [-0.2, 0) is 6.61 Å². The Labute approximate surface area is 118 Å². The van der Waals surface area contributed by atoms with Crippen LogP contribution in [0.25, 0.3) is 11.0 Å². The Morgan fingerprint density at radius 3 is 2.63 bits per heavy atom. The van der Waals surface area contributed by atoms with Gasteiger partial charge >= 0.3 is 0 Å². The molecule has 0 saturated carbocycles. The Morgan fingerprint density at radius 2 is 1.84 bits per heavy atom. The Balaban J connectivity index is 1.76. The van der Waals surface area contributed by atoms with E-state index in [2.05, 4.69) is 15.9 Å². The lowest BCUT2D eigenvalue weighted by Crippen LogP contribution is -1.92. The molecule has 1 heterocycles. The second-order valence-electron chi connectivity index (χ2n) is 4.18. The standard InChI is InChI=1S/C15H11BrO3/c16-11-2-5-13(6-3-11)18-9-14-7-10-1-4-12(17)8-15(10)19-14/h1-8,17H,9H2. The maximum Gasteiger partial charge on any atom is 0.146 e. The lowest BCUT2D eigenvalue weighted by molar-refractivity contribution is 0.274. The minimum Gasteiger partial charge on any atom is -0.508 e. The number of rotatable bonds is 3. The van der Waals surface area contributed by atoms with Crippen molar-refractivity contribution in [1.29, 1.82) is 0 Å². The van der Waals surface area contributed by atoms with Crippen LogP contribution in [0, 0.1) is 0 Å². The first kappa shape index (κ1) is 12.1. The topological polar surface area (TPSA) is 42.6 Å². The highest BCUT2D eigenvalue weighted by Crippen LogP contribution is 2.24. The zero-order valence-corrected chi connectivity index (χ0v) is 11.6. The molecule has 4 heteroatoms. The van der Waals surface area contributed by atoms with Crippen molar-refractivity contribution in [2.45, 2.75) is 6.61 Å². The number of hydrogen-bond donors (Lipinski definition) is 1. The van der Waals surface area contributed by atoms with E-state index in [9.17, 15) is 5.11 Å². The molecule has 0 aliphatic carbocycles. The van der Waals surface area contributed by atoms with Crippen molar-refractivity contribution in [1.82, 2.24) is 0 Å². The average molecular weight is 319 g/mol. The molecule has 0 saturated heterocycles. The molecule has 0 spiro atoms. The molecule has 19 heavy (non-hydrogen) atoms. The fourth-order valence-corrected chi connectivity index (χ4v) is 2.10. The molecule has 3 rings (SSSR count). The summed E-state index contributed by atoms with van der Waals surface area (Å²) < 4.78 is 12.2. The molecule has 0 amide bonds. The quantitative estimate of drug-likeness (QED) is 0.774. The Kier molecular flexibility index (Phi) is 3.17. The summed E-state index contributed by atoms with van der Waals surface area (Å²) in [6.45, 7) is 0.358. The minimum absolute atomic E-state index is 0.197. The third-order valence-electron chi connectivity index (χ3n) is 2.75. The lowest BCUT2D eigenvalue weighted by atomic mass is 10.2. The first-order valence-electron chi connectivity index (χ1n) is 5.80. The maximum absolute atomic E-state index is 9.38. The highest BCUT2D eigenvalue weighted by molar-refractivity contribution is 9.10. The third-order valence-corrected chi connectivity index (χ3v) is 3.28. The Morgan fingerprint density at radius 1 is 1.05 bits per heavy atom. The van der Waals surface area contributed by atoms with Gasteiger partial charge in [-0.05, 0) is 42.5 Å². The van der Waals surface area contributed by atoms with Gasteiger partial charge in [0.15, 0.2) is 0 Å². The summed E-state index contributed by atoms with van der Waals surface area (Å²) in [5, 5.41) is 10.3. The van der Waals surface area contributed by atoms with Crippen molar-refractivity contribution >= 4 is 26.9 Å². The van der Waals surface area contributed by atoms with Crippen molar-refractivity contribution in [2.24, 2.45) is 0 Å². The largest absolute Gasteiger partial charge is 0.508 e. The van der Waals surface area contributed by atoms with E-state index in [-0.39, 0.29) is 5.75 Å². The molecule has 1 aromatic heterocycles. The van der Waals surface area contributed by atoms with Gasteiger partial charge < -0.3 is 14.3 Å². The zero-order valence-electron chi connectivity index (χ0n) is 9.97. The van der Waals surface area contributed by atoms with E-state index >= 15 is 0 Å². The van der Waals surface area contributed by atoms with Crippen LogP contribution in [0.3, 0.4) is 0 Å². The molecule has 96 valence electrons. The van der Waals surface area contributed by atoms with Crippen LogP contribution in [0.5, 0.6) is 11.5 Å². The van der Waals surface area contributed by atoms with Crippen molar-refractivity contribution in [3.8, 4) is 11.5 Å². The molecule has 3 aromatic rings. The van der Waals surface area contributed by atoms with Gasteiger partial charge in [0.1, 0.15) is 29.4 Å². The van der Waals surface area contributed by atoms with Gasteiger partial charge in [-0.3, -0.25) is 0 Å². The summed E-state index contributed by atoms with van der Waals surface area (Å²) >= 11 is 3.37. The number of phenols is 1. The van der Waals surface area contributed by atoms with E-state index in [1.165, 1.54) is 0 Å². The van der Waals surface area contributed by atoms with Crippen LogP contribution in [0.15, 0.2) is 57.4 Å². The number of furan rings is 1. The summed E-state index contributed by atoms with van der Waals surface area (Å²) in [4.78, 5) is 0. The van der Waals surface area contributed by atoms with Crippen LogP contribution < -0.4 is 4.74 Å². The fraction of sp³-hybridized carbons (Fsp3) is 0.0667. The molecular weight excluding hydrogens is 308 g/mol. The number of ether oxygens (including phenoxy) is 1. The predicted octanol–water partition coefficient (Wildman–Crippen LogP) is 4.48. The predicted molar refractivity (Wildman–Crippen MR) is 76.4 cm³/mol. The summed E-state index contributed by atoms with van der Waals surface area (Å²) in [7, 11) is 0. The molecule has 3 nitrogen and oxygen atoms in total. The summed E-state index contributed by atoms with van der Waals surface area (Å²) in [6, 6.07) is 14.6. The number of benzene rings is 2. The summed E-state index contributed by atoms with van der Waals surface area (Å²) in [5.41, 5.74) is 0.661. The van der Waals surface area contributed by atoms with Gasteiger partial charge in [-0.2, -0.15) is 0 Å². The highest BCUT2D eigenvalue weighted by Gasteiger charge is 2.05. The van der Waals surface area contributed by atoms with Crippen LogP contribution in [0.2, 0.25) is 0 Å². The van der Waals surface area contributed by atoms with Crippen molar-refractivity contribution < 1.29 is 14.3 Å². The molecule has 2 aromatic carbocycles. The molecular formula is C15H11BrO3. The first-order chi connectivity index (χ1) is 9.20. The Bertz CT molecular complexity index is 701. The maximum atomic E-state index is 9.38. The van der Waals surface area contributed by atoms with Crippen LogP contribution in [0.4, 0.5) is 0 Å². The number of fused-ring (bicyclic) bond motifs is 1. The minimum atomic E-state index is 0.197. The normalized spacial score (nSPS) is 10.8. The van der Waals surface area contributed by atoms with Gasteiger partial charge in [-0.25, -0.2) is 0 Å². The number of phenolic OH excluding ortho intramolecular Hbond substituents is 1. The molecule has 0 atom stereocenters. The highest BCUT2D eigenvalue weighted by atomic mass is 79.9. The molecule has 0 unspecified atom stereocenters. The van der Waals surface area contributed by atoms with Gasteiger partial charge in [-0.15, -0.1) is 0 Å². The molecule has 0 aliphatic rings. The van der Waals surface area contributed by atoms with Crippen molar-refractivity contribution in [3.63, 3.8) is 0 Å². The summed E-state index contributed by atoms with van der Waals surface area (Å²) in [6.07, 6.45) is 0. The molecule has 0 fully saturated rings. The SMILES string of the molecule is Oc1ccc2cc(COc3ccc(Br)cc3)oc2c1. The van der Waals surface area contributed by atoms with Crippen LogP contribution in [-0.4, -0.2) is 5.11 Å². The van der Waals surface area contributed by atoms with Gasteiger partial charge in [0.05, 0.1) is 0 Å². The van der Waals surface area contributed by atoms with Gasteiger partial charge in [0.25, 0.3) is 0 Å². The number of halogens is 1. The average Bonchev–Trinajstić information content (AvgIpc) is 2.80. The Hall–Kier alpha value is -1.94. The molecule has 0 radical (unpaired) electrons. The smallest absolute Gasteiger partial charge is 0.146 e. The van der Waals surface area contributed by atoms with E-state index in [1.54, 1.807) is 12.1 Å². The number of aromatic hydroxyl groups is 1. The second-order valence-corrected chi connectivity index (χ2v) is 5.09. The third kappa shape index (κ3) is 2.74. The zero-order chi connectivity index (χ0) is 13.2.